The van der Waals surface area contributed by atoms with Crippen LogP contribution in [0.25, 0.3) is 0 Å². The Morgan fingerprint density at radius 3 is 2.02 bits per heavy atom. The number of carbonyl (C=O) groups excluding carboxylic acids is 4. The molecule has 2 N–H and O–H groups in total. The lowest BCUT2D eigenvalue weighted by Gasteiger charge is -2.36. The van der Waals surface area contributed by atoms with Crippen LogP contribution in [-0.4, -0.2) is 63.9 Å². The van der Waals surface area contributed by atoms with Crippen molar-refractivity contribution in [1.29, 1.82) is 0 Å². The van der Waals surface area contributed by atoms with E-state index < -0.39 is 53.2 Å². The largest absolute Gasteiger partial charge is 0.458 e. The van der Waals surface area contributed by atoms with Gasteiger partial charge in [0.2, 0.25) is 11.8 Å². The number of nitrogens with zero attached hydrogens (tertiary/aromatic N) is 1. The molecule has 2 aromatic carbocycles. The van der Waals surface area contributed by atoms with Gasteiger partial charge in [0.05, 0.1) is 0 Å². The average molecular weight is 640 g/mol. The molecule has 0 spiro atoms. The number of esters is 1. The molecule has 0 heterocycles. The van der Waals surface area contributed by atoms with Crippen molar-refractivity contribution in [1.82, 2.24) is 15.5 Å². The van der Waals surface area contributed by atoms with Gasteiger partial charge in [0.1, 0.15) is 29.3 Å². The van der Waals surface area contributed by atoms with E-state index in [4.69, 9.17) is 9.47 Å². The van der Waals surface area contributed by atoms with Crippen molar-refractivity contribution in [3.8, 4) is 0 Å². The van der Waals surface area contributed by atoms with Crippen molar-refractivity contribution < 1.29 is 28.7 Å². The van der Waals surface area contributed by atoms with Gasteiger partial charge < -0.3 is 25.0 Å². The van der Waals surface area contributed by atoms with Crippen molar-refractivity contribution in [3.63, 3.8) is 0 Å². The number of ether oxygens (including phenoxy) is 2. The van der Waals surface area contributed by atoms with Gasteiger partial charge in [0.15, 0.2) is 0 Å². The van der Waals surface area contributed by atoms with Gasteiger partial charge in [-0.1, -0.05) is 61.0 Å². The smallest absolute Gasteiger partial charge is 0.408 e. The molecule has 10 heteroatoms. The van der Waals surface area contributed by atoms with Crippen molar-refractivity contribution in [2.75, 3.05) is 5.75 Å². The van der Waals surface area contributed by atoms with Crippen LogP contribution in [0.2, 0.25) is 0 Å². The Morgan fingerprint density at radius 1 is 0.911 bits per heavy atom. The van der Waals surface area contributed by atoms with Gasteiger partial charge in [-0.3, -0.25) is 9.59 Å². The van der Waals surface area contributed by atoms with E-state index in [9.17, 15) is 19.2 Å². The van der Waals surface area contributed by atoms with Gasteiger partial charge in [0.25, 0.3) is 0 Å². The fourth-order valence-electron chi connectivity index (χ4n) is 5.20. The molecule has 0 bridgehead atoms. The lowest BCUT2D eigenvalue weighted by atomic mass is 9.95. The Labute approximate surface area is 273 Å². The predicted octanol–water partition coefficient (Wildman–Crippen LogP) is 5.47. The molecule has 0 radical (unpaired) electrons. The number of nitrogens with one attached hydrogen (secondary N) is 2. The van der Waals surface area contributed by atoms with Crippen molar-refractivity contribution >= 4 is 36.5 Å². The molecule has 1 aliphatic rings. The number of alkyl carbamates (subject to hydrolysis) is 1. The zero-order valence-electron chi connectivity index (χ0n) is 28.0. The minimum atomic E-state index is -1.09. The number of hydrogen-bond donors (Lipinski definition) is 3. The van der Waals surface area contributed by atoms with Gasteiger partial charge in [-0.2, -0.15) is 12.6 Å². The Balaban J connectivity index is 2.06. The number of benzene rings is 2. The molecule has 0 saturated heterocycles. The van der Waals surface area contributed by atoms with E-state index in [-0.39, 0.29) is 24.1 Å². The number of amides is 3. The third-order valence-corrected chi connectivity index (χ3v) is 7.75. The molecule has 9 nitrogen and oxygen atoms in total. The molecule has 0 aromatic heterocycles. The van der Waals surface area contributed by atoms with Crippen LogP contribution in [-0.2, 0) is 30.3 Å². The summed E-state index contributed by atoms with van der Waals surface area (Å²) in [7, 11) is 0. The normalized spacial score (nSPS) is 18.2. The van der Waals surface area contributed by atoms with Crippen LogP contribution in [0, 0.1) is 19.8 Å². The Hall–Kier alpha value is -3.53. The minimum absolute atomic E-state index is 0.00850. The van der Waals surface area contributed by atoms with Gasteiger partial charge >= 0.3 is 12.1 Å². The predicted molar refractivity (Wildman–Crippen MR) is 178 cm³/mol. The summed E-state index contributed by atoms with van der Waals surface area (Å²) in [6, 6.07) is 11.7. The van der Waals surface area contributed by atoms with Crippen LogP contribution in [0.1, 0.15) is 83.2 Å². The van der Waals surface area contributed by atoms with Crippen LogP contribution in [0.15, 0.2) is 48.5 Å². The second kappa shape index (κ2) is 14.7. The van der Waals surface area contributed by atoms with Crippen LogP contribution < -0.4 is 10.6 Å². The fraction of sp³-hybridized carbons (Fsp3) is 0.543. The van der Waals surface area contributed by atoms with Gasteiger partial charge in [-0.05, 0) is 84.4 Å². The first kappa shape index (κ1) is 35.9. The topological polar surface area (TPSA) is 114 Å². The molecule has 3 amide bonds. The Morgan fingerprint density at radius 2 is 1.51 bits per heavy atom. The summed E-state index contributed by atoms with van der Waals surface area (Å²) in [6.07, 6.45) is 0.138. The summed E-state index contributed by atoms with van der Waals surface area (Å²) in [4.78, 5) is 56.6. The first-order chi connectivity index (χ1) is 20.9. The van der Waals surface area contributed by atoms with Crippen LogP contribution in [0.5, 0.6) is 0 Å². The summed E-state index contributed by atoms with van der Waals surface area (Å²) in [5.74, 6) is -1.43. The van der Waals surface area contributed by atoms with Gasteiger partial charge in [-0.15, -0.1) is 0 Å². The number of carbonyl (C=O) groups is 4. The molecule has 5 atom stereocenters. The van der Waals surface area contributed by atoms with Gasteiger partial charge in [-0.25, -0.2) is 9.59 Å². The zero-order chi connectivity index (χ0) is 33.7. The van der Waals surface area contributed by atoms with E-state index in [1.807, 2.05) is 69.3 Å². The Bertz CT molecular complexity index is 1370. The molecule has 5 unspecified atom stereocenters. The summed E-state index contributed by atoms with van der Waals surface area (Å²) in [6.45, 7) is 16.4. The lowest BCUT2D eigenvalue weighted by Crippen LogP contribution is -2.56. The minimum Gasteiger partial charge on any atom is -0.458 e. The van der Waals surface area contributed by atoms with Crippen molar-refractivity contribution in [2.45, 2.75) is 111 Å². The number of thiol groups is 1. The summed E-state index contributed by atoms with van der Waals surface area (Å²) in [5.41, 5.74) is 1.75. The van der Waals surface area contributed by atoms with Crippen LogP contribution in [0.4, 0.5) is 4.79 Å². The molecular weight excluding hydrogens is 590 g/mol. The SMILES string of the molecule is Cc1ccc(C(C(=O)NC(Cc2ccccc2)C(=O)OC(C)(C)C)N(C(=O)C(CS)NC(=O)OC(C)(C)C)C2CC2C)c(C)c1. The first-order valence-corrected chi connectivity index (χ1v) is 16.1. The highest BCUT2D eigenvalue weighted by atomic mass is 32.1. The molecule has 2 aromatic rings. The molecule has 0 aliphatic heterocycles. The lowest BCUT2D eigenvalue weighted by molar-refractivity contribution is -0.159. The van der Waals surface area contributed by atoms with E-state index in [1.165, 1.54) is 0 Å². The van der Waals surface area contributed by atoms with Crippen LogP contribution >= 0.6 is 12.6 Å². The summed E-state index contributed by atoms with van der Waals surface area (Å²) < 4.78 is 11.1. The average Bonchev–Trinajstić information content (AvgIpc) is 3.64. The van der Waals surface area contributed by atoms with Crippen molar-refractivity contribution in [3.05, 3.63) is 70.8 Å². The van der Waals surface area contributed by atoms with E-state index in [1.54, 1.807) is 46.4 Å². The number of rotatable bonds is 11. The number of aryl methyl sites for hydroxylation is 2. The van der Waals surface area contributed by atoms with E-state index in [0.717, 1.165) is 16.7 Å². The standard InChI is InChI=1S/C35H49N3O6S/c1-21-15-16-25(22(2)17-21)29(30(39)36-26(32(41)43-34(4,5)6)19-24-13-11-10-12-14-24)38(28-18-23(28)3)31(40)27(20-45)37-33(42)44-35(7,8)9/h10-17,23,26-29,45H,18-20H2,1-9H3,(H,36,39)(H,37,42). The van der Waals surface area contributed by atoms with Crippen molar-refractivity contribution in [2.24, 2.45) is 5.92 Å². The zero-order valence-corrected chi connectivity index (χ0v) is 28.9. The maximum atomic E-state index is 14.5. The second-order valence-corrected chi connectivity index (χ2v) is 14.3. The highest BCUT2D eigenvalue weighted by Crippen LogP contribution is 2.41. The third kappa shape index (κ3) is 10.5. The highest BCUT2D eigenvalue weighted by Gasteiger charge is 2.49. The molecule has 1 saturated carbocycles. The maximum absolute atomic E-state index is 14.5. The highest BCUT2D eigenvalue weighted by molar-refractivity contribution is 7.80. The molecular formula is C35H49N3O6S. The molecule has 1 fully saturated rings. The monoisotopic (exact) mass is 639 g/mol. The van der Waals surface area contributed by atoms with E-state index >= 15 is 0 Å². The van der Waals surface area contributed by atoms with E-state index in [2.05, 4.69) is 23.3 Å². The van der Waals surface area contributed by atoms with Gasteiger partial charge in [0, 0.05) is 18.2 Å². The quantitative estimate of drug-likeness (QED) is 0.222. The van der Waals surface area contributed by atoms with Crippen LogP contribution in [0.3, 0.4) is 0 Å². The summed E-state index contributed by atoms with van der Waals surface area (Å²) >= 11 is 4.39. The maximum Gasteiger partial charge on any atom is 0.408 e. The first-order valence-electron chi connectivity index (χ1n) is 15.5. The third-order valence-electron chi connectivity index (χ3n) is 7.39. The molecule has 246 valence electrons. The molecule has 1 aliphatic carbocycles. The van der Waals surface area contributed by atoms with E-state index in [0.29, 0.717) is 12.0 Å². The summed E-state index contributed by atoms with van der Waals surface area (Å²) in [5, 5.41) is 5.60. The fourth-order valence-corrected chi connectivity index (χ4v) is 5.45. The molecule has 3 rings (SSSR count). The molecule has 45 heavy (non-hydrogen) atoms. The number of hydrogen-bond acceptors (Lipinski definition) is 7. The second-order valence-electron chi connectivity index (χ2n) is 14.0. The Kier molecular flexibility index (Phi) is 11.7.